The van der Waals surface area contributed by atoms with Gasteiger partial charge in [0.2, 0.25) is 0 Å². The van der Waals surface area contributed by atoms with E-state index in [4.69, 9.17) is 9.47 Å². The Morgan fingerprint density at radius 3 is 2.03 bits per heavy atom. The normalized spacial score (nSPS) is 11.2. The van der Waals surface area contributed by atoms with Crippen LogP contribution in [-0.4, -0.2) is 43.4 Å². The number of methoxy groups -OCH3 is 1. The highest BCUT2D eigenvalue weighted by molar-refractivity contribution is 6.02. The molecule has 0 N–H and O–H groups in total. The van der Waals surface area contributed by atoms with Crippen molar-refractivity contribution in [3.63, 3.8) is 0 Å². The monoisotopic (exact) mass is 420 g/mol. The highest BCUT2D eigenvalue weighted by atomic mass is 16.6. The van der Waals surface area contributed by atoms with Gasteiger partial charge in [-0.3, -0.25) is 0 Å². The summed E-state index contributed by atoms with van der Waals surface area (Å²) < 4.78 is 12.0. The number of benzene rings is 2. The van der Waals surface area contributed by atoms with E-state index in [1.807, 2.05) is 79.7 Å². The number of hydrogen-bond acceptors (Lipinski definition) is 5. The molecule has 0 aliphatic rings. The van der Waals surface area contributed by atoms with Gasteiger partial charge in [0, 0.05) is 25.3 Å². The zero-order valence-electron chi connectivity index (χ0n) is 18.8. The van der Waals surface area contributed by atoms with Gasteiger partial charge in [0.1, 0.15) is 11.3 Å². The van der Waals surface area contributed by atoms with E-state index in [1.54, 1.807) is 20.8 Å². The van der Waals surface area contributed by atoms with Crippen LogP contribution in [0.4, 0.5) is 10.5 Å². The Labute approximate surface area is 183 Å². The molecule has 0 bridgehead atoms. The van der Waals surface area contributed by atoms with Gasteiger partial charge in [-0.25, -0.2) is 14.2 Å². The second-order valence-corrected chi connectivity index (χ2v) is 8.41. The fraction of sp³-hybridized carbons (Fsp3) is 0.280. The van der Waals surface area contributed by atoms with Crippen LogP contribution in [0.15, 0.2) is 60.7 Å². The van der Waals surface area contributed by atoms with Gasteiger partial charge in [0.15, 0.2) is 0 Å². The SMILES string of the molecule is COC(=O)c1c(-c2ccccc2)cc(-c2ccc(N(C)C)cc2)n1C(=O)OC(C)(C)C. The smallest absolute Gasteiger partial charge is 0.419 e. The van der Waals surface area contributed by atoms with Crippen LogP contribution in [0.5, 0.6) is 0 Å². The van der Waals surface area contributed by atoms with E-state index in [9.17, 15) is 9.59 Å². The summed E-state index contributed by atoms with van der Waals surface area (Å²) in [5.74, 6) is -0.610. The molecule has 2 aromatic carbocycles. The number of rotatable bonds is 4. The second-order valence-electron chi connectivity index (χ2n) is 8.41. The first kappa shape index (κ1) is 22.2. The van der Waals surface area contributed by atoms with Crippen molar-refractivity contribution in [3.8, 4) is 22.4 Å². The summed E-state index contributed by atoms with van der Waals surface area (Å²) in [5.41, 5.74) is 3.17. The number of ether oxygens (including phenoxy) is 2. The average molecular weight is 421 g/mol. The van der Waals surface area contributed by atoms with Gasteiger partial charge in [-0.15, -0.1) is 0 Å². The van der Waals surface area contributed by atoms with Crippen LogP contribution in [0.3, 0.4) is 0 Å². The molecule has 3 aromatic rings. The molecular formula is C25H28N2O4. The Morgan fingerprint density at radius 2 is 1.52 bits per heavy atom. The summed E-state index contributed by atoms with van der Waals surface area (Å²) in [6, 6.07) is 19.0. The lowest BCUT2D eigenvalue weighted by Gasteiger charge is -2.21. The largest absolute Gasteiger partial charge is 0.464 e. The van der Waals surface area contributed by atoms with Gasteiger partial charge in [-0.2, -0.15) is 0 Å². The maximum absolute atomic E-state index is 13.2. The number of anilines is 1. The minimum atomic E-state index is -0.728. The lowest BCUT2D eigenvalue weighted by molar-refractivity contribution is 0.0486. The Bertz CT molecular complexity index is 1080. The first-order chi connectivity index (χ1) is 14.6. The second kappa shape index (κ2) is 8.68. The number of hydrogen-bond donors (Lipinski definition) is 0. The molecule has 162 valence electrons. The summed E-state index contributed by atoms with van der Waals surface area (Å²) in [6.45, 7) is 5.36. The Kier molecular flexibility index (Phi) is 6.20. The van der Waals surface area contributed by atoms with Gasteiger partial charge in [0.05, 0.1) is 12.8 Å². The third-order valence-electron chi connectivity index (χ3n) is 4.72. The van der Waals surface area contributed by atoms with Gasteiger partial charge >= 0.3 is 12.1 Å². The molecule has 0 unspecified atom stereocenters. The maximum atomic E-state index is 13.2. The number of carbonyl (C=O) groups excluding carboxylic acids is 2. The summed E-state index contributed by atoms with van der Waals surface area (Å²) in [5, 5.41) is 0. The highest BCUT2D eigenvalue weighted by Crippen LogP contribution is 2.35. The van der Waals surface area contributed by atoms with Crippen molar-refractivity contribution in [2.45, 2.75) is 26.4 Å². The highest BCUT2D eigenvalue weighted by Gasteiger charge is 2.30. The zero-order chi connectivity index (χ0) is 22.8. The van der Waals surface area contributed by atoms with Crippen LogP contribution < -0.4 is 4.90 Å². The number of nitrogens with zero attached hydrogens (tertiary/aromatic N) is 2. The lowest BCUT2D eigenvalue weighted by atomic mass is 10.0. The molecule has 0 aliphatic heterocycles. The van der Waals surface area contributed by atoms with Gasteiger partial charge in [0.25, 0.3) is 0 Å². The maximum Gasteiger partial charge on any atom is 0.419 e. The van der Waals surface area contributed by atoms with Crippen LogP contribution in [0.2, 0.25) is 0 Å². The molecule has 0 fully saturated rings. The van der Waals surface area contributed by atoms with E-state index in [0.717, 1.165) is 16.8 Å². The van der Waals surface area contributed by atoms with Crippen LogP contribution in [-0.2, 0) is 9.47 Å². The van der Waals surface area contributed by atoms with Crippen LogP contribution in [0, 0.1) is 0 Å². The minimum Gasteiger partial charge on any atom is -0.464 e. The first-order valence-electron chi connectivity index (χ1n) is 10.0. The fourth-order valence-electron chi connectivity index (χ4n) is 3.29. The topological polar surface area (TPSA) is 60.8 Å². The summed E-state index contributed by atoms with van der Waals surface area (Å²) in [6.07, 6.45) is -0.637. The molecule has 1 heterocycles. The third kappa shape index (κ3) is 4.79. The molecular weight excluding hydrogens is 392 g/mol. The van der Waals surface area contributed by atoms with E-state index in [1.165, 1.54) is 11.7 Å². The van der Waals surface area contributed by atoms with E-state index < -0.39 is 17.7 Å². The molecule has 6 heteroatoms. The zero-order valence-corrected chi connectivity index (χ0v) is 18.8. The molecule has 3 rings (SSSR count). The molecule has 1 aromatic heterocycles. The van der Waals surface area contributed by atoms with E-state index in [0.29, 0.717) is 11.3 Å². The molecule has 0 amide bonds. The molecule has 0 saturated carbocycles. The van der Waals surface area contributed by atoms with Crippen LogP contribution >= 0.6 is 0 Å². The average Bonchev–Trinajstić information content (AvgIpc) is 3.13. The number of esters is 1. The van der Waals surface area contributed by atoms with Gasteiger partial charge in [-0.1, -0.05) is 42.5 Å². The Hall–Kier alpha value is -3.54. The predicted octanol–water partition coefficient (Wildman–Crippen LogP) is 5.46. The molecule has 0 saturated heterocycles. The van der Waals surface area contributed by atoms with Crippen molar-refractivity contribution in [2.75, 3.05) is 26.1 Å². The number of aromatic nitrogens is 1. The molecule has 31 heavy (non-hydrogen) atoms. The summed E-state index contributed by atoms with van der Waals surface area (Å²) >= 11 is 0. The van der Waals surface area contributed by atoms with Crippen LogP contribution in [0.25, 0.3) is 22.4 Å². The molecule has 6 nitrogen and oxygen atoms in total. The van der Waals surface area contributed by atoms with Crippen LogP contribution in [0.1, 0.15) is 31.3 Å². The van der Waals surface area contributed by atoms with Crippen molar-refractivity contribution in [3.05, 3.63) is 66.4 Å². The quantitative estimate of drug-likeness (QED) is 0.525. The predicted molar refractivity (Wildman–Crippen MR) is 123 cm³/mol. The Balaban J connectivity index is 2.29. The van der Waals surface area contributed by atoms with Gasteiger partial charge < -0.3 is 14.4 Å². The van der Waals surface area contributed by atoms with Crippen molar-refractivity contribution >= 4 is 17.7 Å². The lowest BCUT2D eigenvalue weighted by Crippen LogP contribution is -2.29. The number of carbonyl (C=O) groups is 2. The molecule has 0 aliphatic carbocycles. The van der Waals surface area contributed by atoms with Crippen molar-refractivity contribution in [1.29, 1.82) is 0 Å². The van der Waals surface area contributed by atoms with Crippen molar-refractivity contribution in [1.82, 2.24) is 4.57 Å². The van der Waals surface area contributed by atoms with E-state index >= 15 is 0 Å². The van der Waals surface area contributed by atoms with E-state index in [-0.39, 0.29) is 5.69 Å². The van der Waals surface area contributed by atoms with Gasteiger partial charge in [-0.05, 0) is 50.1 Å². The fourth-order valence-corrected chi connectivity index (χ4v) is 3.29. The third-order valence-corrected chi connectivity index (χ3v) is 4.72. The van der Waals surface area contributed by atoms with E-state index in [2.05, 4.69) is 0 Å². The first-order valence-corrected chi connectivity index (χ1v) is 10.0. The molecule has 0 radical (unpaired) electrons. The summed E-state index contributed by atoms with van der Waals surface area (Å²) in [4.78, 5) is 28.1. The molecule has 0 atom stereocenters. The summed E-state index contributed by atoms with van der Waals surface area (Å²) in [7, 11) is 5.22. The standard InChI is InChI=1S/C25H28N2O4/c1-25(2,3)31-24(29)27-21(18-12-14-19(15-13-18)26(4)5)16-20(22(27)23(28)30-6)17-10-8-7-9-11-17/h7-16H,1-6H3. The van der Waals surface area contributed by atoms with Crippen molar-refractivity contribution in [2.24, 2.45) is 0 Å². The minimum absolute atomic E-state index is 0.134. The van der Waals surface area contributed by atoms with Crippen molar-refractivity contribution < 1.29 is 19.1 Å². The molecule has 0 spiro atoms. The Morgan fingerprint density at radius 1 is 0.903 bits per heavy atom.